The third-order valence-corrected chi connectivity index (χ3v) is 7.57. The molecule has 0 N–H and O–H groups in total. The molecular weight excluding hydrogens is 542 g/mol. The molecule has 0 spiro atoms. The Morgan fingerprint density at radius 2 is 0.953 bits per heavy atom. The van der Waals surface area contributed by atoms with Crippen molar-refractivity contribution < 1.29 is 28.5 Å². The lowest BCUT2D eigenvalue weighted by Crippen LogP contribution is -2.13. The van der Waals surface area contributed by atoms with E-state index in [9.17, 15) is 9.59 Å². The number of aryl methyl sites for hydroxylation is 1. The maximum atomic E-state index is 12.2. The van der Waals surface area contributed by atoms with Crippen LogP contribution < -0.4 is 4.90 Å². The third kappa shape index (κ3) is 7.89. The summed E-state index contributed by atoms with van der Waals surface area (Å²) >= 11 is 0. The van der Waals surface area contributed by atoms with Gasteiger partial charge in [0, 0.05) is 17.1 Å². The lowest BCUT2D eigenvalue weighted by molar-refractivity contribution is -0.144. The van der Waals surface area contributed by atoms with Crippen molar-refractivity contribution in [3.05, 3.63) is 114 Å². The molecule has 0 amide bonds. The van der Waals surface area contributed by atoms with Gasteiger partial charge in [-0.1, -0.05) is 67.6 Å². The van der Waals surface area contributed by atoms with E-state index in [0.717, 1.165) is 40.2 Å². The first-order chi connectivity index (χ1) is 21.0. The van der Waals surface area contributed by atoms with E-state index in [2.05, 4.69) is 60.4 Å². The van der Waals surface area contributed by atoms with Gasteiger partial charge in [-0.05, 0) is 70.6 Å². The molecule has 0 bridgehead atoms. The third-order valence-electron chi connectivity index (χ3n) is 7.57. The van der Waals surface area contributed by atoms with Crippen molar-refractivity contribution in [2.75, 3.05) is 31.3 Å². The molecule has 2 aliphatic rings. The Bertz CT molecular complexity index is 1450. The predicted molar refractivity (Wildman–Crippen MR) is 165 cm³/mol. The molecule has 43 heavy (non-hydrogen) atoms. The number of anilines is 3. The van der Waals surface area contributed by atoms with Gasteiger partial charge in [0.25, 0.3) is 0 Å². The smallest absolute Gasteiger partial charge is 0.310 e. The molecule has 2 heterocycles. The lowest BCUT2D eigenvalue weighted by atomic mass is 10.0. The van der Waals surface area contributed by atoms with Crippen molar-refractivity contribution in [3.63, 3.8) is 0 Å². The second-order valence-corrected chi connectivity index (χ2v) is 10.9. The molecule has 6 rings (SSSR count). The summed E-state index contributed by atoms with van der Waals surface area (Å²) in [5.41, 5.74) is 8.26. The zero-order chi connectivity index (χ0) is 29.6. The van der Waals surface area contributed by atoms with Gasteiger partial charge in [-0.25, -0.2) is 0 Å². The van der Waals surface area contributed by atoms with Gasteiger partial charge in [0.05, 0.1) is 26.1 Å². The quantitative estimate of drug-likeness (QED) is 0.135. The number of esters is 2. The summed E-state index contributed by atoms with van der Waals surface area (Å²) in [5.74, 6) is -0.525. The molecule has 0 radical (unpaired) electrons. The standard InChI is InChI=1S/C36H35NO6/c1-2-25-3-9-28(10-4-25)29-11-17-32(18-12-29)37(30-13-5-26(6-14-30)19-35(38)42-23-33-21-40-33)31-15-7-27(8-16-31)20-36(39)43-24-34-22-41-34/h3-18,33-34H,2,19-24H2,1H3/t33-,34?/m1/s1. The molecule has 0 saturated carbocycles. The molecule has 220 valence electrons. The van der Waals surface area contributed by atoms with E-state index in [1.165, 1.54) is 11.1 Å². The van der Waals surface area contributed by atoms with Gasteiger partial charge >= 0.3 is 11.9 Å². The average molecular weight is 578 g/mol. The molecule has 4 aromatic rings. The molecule has 2 fully saturated rings. The minimum absolute atomic E-state index is 0.0522. The molecular formula is C36H35NO6. The fourth-order valence-corrected chi connectivity index (χ4v) is 4.84. The van der Waals surface area contributed by atoms with Crippen LogP contribution in [0.15, 0.2) is 97.1 Å². The predicted octanol–water partition coefficient (Wildman–Crippen LogP) is 6.35. The molecule has 1 unspecified atom stereocenters. The van der Waals surface area contributed by atoms with Crippen molar-refractivity contribution in [1.82, 2.24) is 0 Å². The highest BCUT2D eigenvalue weighted by atomic mass is 16.6. The van der Waals surface area contributed by atoms with E-state index in [1.807, 2.05) is 48.5 Å². The van der Waals surface area contributed by atoms with Crippen LogP contribution in [0.3, 0.4) is 0 Å². The first kappa shape index (κ1) is 28.6. The fraction of sp³-hybridized carbons (Fsp3) is 0.278. The average Bonchev–Trinajstić information content (AvgIpc) is 3.97. The Balaban J connectivity index is 1.21. The van der Waals surface area contributed by atoms with Gasteiger partial charge < -0.3 is 23.8 Å². The van der Waals surface area contributed by atoms with Gasteiger partial charge in [0.2, 0.25) is 0 Å². The summed E-state index contributed by atoms with van der Waals surface area (Å²) in [6.07, 6.45) is 1.53. The number of carbonyl (C=O) groups excluding carboxylic acids is 2. The van der Waals surface area contributed by atoms with Crippen molar-refractivity contribution in [3.8, 4) is 11.1 Å². The van der Waals surface area contributed by atoms with E-state index in [1.54, 1.807) is 0 Å². The number of nitrogens with zero attached hydrogens (tertiary/aromatic N) is 1. The minimum atomic E-state index is -0.263. The van der Waals surface area contributed by atoms with Crippen LogP contribution in [-0.2, 0) is 47.8 Å². The summed E-state index contributed by atoms with van der Waals surface area (Å²) < 4.78 is 20.8. The topological polar surface area (TPSA) is 80.9 Å². The van der Waals surface area contributed by atoms with Crippen LogP contribution in [0.2, 0.25) is 0 Å². The van der Waals surface area contributed by atoms with Crippen LogP contribution >= 0.6 is 0 Å². The number of carbonyl (C=O) groups is 2. The molecule has 0 aromatic heterocycles. The van der Waals surface area contributed by atoms with Crippen LogP contribution in [0.4, 0.5) is 17.1 Å². The number of hydrogen-bond acceptors (Lipinski definition) is 7. The van der Waals surface area contributed by atoms with Crippen LogP contribution in [-0.4, -0.2) is 50.6 Å². The summed E-state index contributed by atoms with van der Waals surface area (Å²) in [5, 5.41) is 0. The zero-order valence-electron chi connectivity index (χ0n) is 24.2. The normalized spacial score (nSPS) is 16.8. The molecule has 7 heteroatoms. The number of rotatable bonds is 13. The first-order valence-corrected chi connectivity index (χ1v) is 14.8. The highest BCUT2D eigenvalue weighted by Gasteiger charge is 2.25. The van der Waals surface area contributed by atoms with Gasteiger partial charge in [0.15, 0.2) is 0 Å². The van der Waals surface area contributed by atoms with E-state index >= 15 is 0 Å². The van der Waals surface area contributed by atoms with E-state index in [0.29, 0.717) is 26.4 Å². The zero-order valence-corrected chi connectivity index (χ0v) is 24.2. The van der Waals surface area contributed by atoms with E-state index < -0.39 is 0 Å². The summed E-state index contributed by atoms with van der Waals surface area (Å²) in [6.45, 7) is 4.10. The highest BCUT2D eigenvalue weighted by Crippen LogP contribution is 2.36. The maximum absolute atomic E-state index is 12.2. The molecule has 2 aliphatic heterocycles. The Labute approximate surface area is 252 Å². The molecule has 0 aliphatic carbocycles. The number of ether oxygens (including phenoxy) is 4. The van der Waals surface area contributed by atoms with Crippen molar-refractivity contribution in [2.45, 2.75) is 38.4 Å². The summed E-state index contributed by atoms with van der Waals surface area (Å²) in [7, 11) is 0. The van der Waals surface area contributed by atoms with Crippen LogP contribution in [0.25, 0.3) is 11.1 Å². The van der Waals surface area contributed by atoms with Crippen molar-refractivity contribution in [2.24, 2.45) is 0 Å². The van der Waals surface area contributed by atoms with Crippen LogP contribution in [0.5, 0.6) is 0 Å². The second kappa shape index (κ2) is 13.2. The van der Waals surface area contributed by atoms with Gasteiger partial charge in [0.1, 0.15) is 25.4 Å². The van der Waals surface area contributed by atoms with Gasteiger partial charge in [-0.15, -0.1) is 0 Å². The largest absolute Gasteiger partial charge is 0.463 e. The summed E-state index contributed by atoms with van der Waals surface area (Å²) in [4.78, 5) is 26.7. The lowest BCUT2D eigenvalue weighted by Gasteiger charge is -2.26. The Morgan fingerprint density at radius 1 is 0.605 bits per heavy atom. The number of benzene rings is 4. The number of epoxide rings is 2. The van der Waals surface area contributed by atoms with E-state index in [-0.39, 0.29) is 37.0 Å². The maximum Gasteiger partial charge on any atom is 0.310 e. The Morgan fingerprint density at radius 3 is 1.33 bits per heavy atom. The summed E-state index contributed by atoms with van der Waals surface area (Å²) in [6, 6.07) is 33.0. The molecule has 7 nitrogen and oxygen atoms in total. The fourth-order valence-electron chi connectivity index (χ4n) is 4.84. The van der Waals surface area contributed by atoms with Gasteiger partial charge in [-0.2, -0.15) is 0 Å². The Hall–Kier alpha value is -4.46. The minimum Gasteiger partial charge on any atom is -0.463 e. The van der Waals surface area contributed by atoms with Gasteiger partial charge in [-0.3, -0.25) is 9.59 Å². The molecule has 2 atom stereocenters. The highest BCUT2D eigenvalue weighted by molar-refractivity contribution is 5.80. The molecule has 2 saturated heterocycles. The van der Waals surface area contributed by atoms with Crippen LogP contribution in [0, 0.1) is 0 Å². The Kier molecular flexibility index (Phi) is 8.82. The SMILES string of the molecule is CCc1ccc(-c2ccc(N(c3ccc(CC(=O)OCC4CO4)cc3)c3ccc(CC(=O)OC[C@H]4CO4)cc3)cc2)cc1. The number of hydrogen-bond donors (Lipinski definition) is 0. The van der Waals surface area contributed by atoms with Crippen LogP contribution in [0.1, 0.15) is 23.6 Å². The first-order valence-electron chi connectivity index (χ1n) is 14.8. The van der Waals surface area contributed by atoms with Crippen molar-refractivity contribution in [1.29, 1.82) is 0 Å². The monoisotopic (exact) mass is 577 g/mol. The molecule has 4 aromatic carbocycles. The van der Waals surface area contributed by atoms with E-state index in [4.69, 9.17) is 18.9 Å². The second-order valence-electron chi connectivity index (χ2n) is 10.9. The van der Waals surface area contributed by atoms with Crippen molar-refractivity contribution >= 4 is 29.0 Å².